The van der Waals surface area contributed by atoms with E-state index < -0.39 is 24.7 Å². The molecule has 0 aromatic carbocycles. The zero-order chi connectivity index (χ0) is 8.20. The molecule has 3 N–H and O–H groups in total. The van der Waals surface area contributed by atoms with Crippen molar-refractivity contribution in [3.63, 3.8) is 0 Å². The summed E-state index contributed by atoms with van der Waals surface area (Å²) >= 11 is 0. The minimum Gasteiger partial charge on any atom is -0.481 e. The normalized spacial score (nSPS) is 10.5. The van der Waals surface area contributed by atoms with E-state index in [2.05, 4.69) is 0 Å². The lowest BCUT2D eigenvalue weighted by atomic mass is 10.2. The summed E-state index contributed by atoms with van der Waals surface area (Å²) in [6, 6.07) is 0. The molecule has 0 fully saturated rings. The molecule has 0 aromatic rings. The number of rotatable bonds is 4. The fourth-order valence-corrected chi connectivity index (χ4v) is 0.521. The summed E-state index contributed by atoms with van der Waals surface area (Å²) in [5.41, 5.74) is 4.82. The Hall–Kier alpha value is -0.420. The van der Waals surface area contributed by atoms with E-state index in [4.69, 9.17) is 10.8 Å². The van der Waals surface area contributed by atoms with Crippen molar-refractivity contribution in [2.45, 2.75) is 18.8 Å². The topological polar surface area (TPSA) is 63.3 Å². The van der Waals surface area contributed by atoms with Crippen LogP contribution in [0.4, 0.5) is 8.78 Å². The highest BCUT2D eigenvalue weighted by atomic mass is 35.5. The van der Waals surface area contributed by atoms with Crippen LogP contribution < -0.4 is 5.73 Å². The number of carboxylic acid groups (broad SMARTS) is 1. The van der Waals surface area contributed by atoms with Crippen molar-refractivity contribution in [2.75, 3.05) is 6.54 Å². The Morgan fingerprint density at radius 2 is 2.00 bits per heavy atom. The summed E-state index contributed by atoms with van der Waals surface area (Å²) in [6.45, 7) is -0.194. The van der Waals surface area contributed by atoms with Gasteiger partial charge in [0.15, 0.2) is 0 Å². The van der Waals surface area contributed by atoms with Crippen molar-refractivity contribution in [1.82, 2.24) is 0 Å². The minimum atomic E-state index is -3.15. The second-order valence-electron chi connectivity index (χ2n) is 1.97. The molecule has 0 radical (unpaired) electrons. The molecule has 0 aliphatic carbocycles. The Morgan fingerprint density at radius 1 is 1.55 bits per heavy atom. The van der Waals surface area contributed by atoms with Gasteiger partial charge in [-0.25, -0.2) is 8.78 Å². The third kappa shape index (κ3) is 7.48. The van der Waals surface area contributed by atoms with Gasteiger partial charge in [0.2, 0.25) is 0 Å². The summed E-state index contributed by atoms with van der Waals surface area (Å²) in [6.07, 6.45) is -1.70. The smallest absolute Gasteiger partial charge is 0.309 e. The molecule has 6 heteroatoms. The lowest BCUT2D eigenvalue weighted by Crippen LogP contribution is -2.24. The van der Waals surface area contributed by atoms with Gasteiger partial charge in [0, 0.05) is 6.42 Å². The number of carboxylic acids is 1. The third-order valence-electron chi connectivity index (χ3n) is 0.920. The molecule has 0 spiro atoms. The molecule has 0 bridgehead atoms. The maximum atomic E-state index is 12.2. The van der Waals surface area contributed by atoms with E-state index in [1.807, 2.05) is 0 Å². The second kappa shape index (κ2) is 5.26. The van der Waals surface area contributed by atoms with Gasteiger partial charge in [-0.3, -0.25) is 4.79 Å². The Bertz CT molecular complexity index is 132. The first-order valence-corrected chi connectivity index (χ1v) is 2.77. The lowest BCUT2D eigenvalue weighted by Gasteiger charge is -2.11. The molecular formula is C5H10ClF2NO2. The number of hydrogen-bond acceptors (Lipinski definition) is 2. The highest BCUT2D eigenvalue weighted by molar-refractivity contribution is 5.85. The van der Waals surface area contributed by atoms with Crippen molar-refractivity contribution >= 4 is 18.4 Å². The van der Waals surface area contributed by atoms with Crippen LogP contribution in [0.15, 0.2) is 0 Å². The molecule has 0 saturated carbocycles. The van der Waals surface area contributed by atoms with Gasteiger partial charge >= 0.3 is 5.97 Å². The van der Waals surface area contributed by atoms with Gasteiger partial charge in [-0.05, 0) is 6.54 Å². The van der Waals surface area contributed by atoms with E-state index >= 15 is 0 Å². The minimum absolute atomic E-state index is 0. The van der Waals surface area contributed by atoms with Crippen molar-refractivity contribution < 1.29 is 18.7 Å². The van der Waals surface area contributed by atoms with Crippen molar-refractivity contribution in [1.29, 1.82) is 0 Å². The number of aliphatic carboxylic acids is 1. The number of hydrogen-bond donors (Lipinski definition) is 2. The molecule has 0 saturated heterocycles. The van der Waals surface area contributed by atoms with Crippen molar-refractivity contribution in [3.05, 3.63) is 0 Å². The predicted molar refractivity (Wildman–Crippen MR) is 38.1 cm³/mol. The average Bonchev–Trinajstić information content (AvgIpc) is 1.59. The Labute approximate surface area is 69.0 Å². The van der Waals surface area contributed by atoms with Gasteiger partial charge in [0.05, 0.1) is 0 Å². The van der Waals surface area contributed by atoms with E-state index in [1.165, 1.54) is 0 Å². The highest BCUT2D eigenvalue weighted by Gasteiger charge is 2.30. The van der Waals surface area contributed by atoms with Crippen LogP contribution in [-0.2, 0) is 4.79 Å². The molecule has 0 heterocycles. The number of halogens is 3. The van der Waals surface area contributed by atoms with Crippen LogP contribution in [-0.4, -0.2) is 23.5 Å². The van der Waals surface area contributed by atoms with Crippen LogP contribution in [0.3, 0.4) is 0 Å². The SMILES string of the molecule is Cl.NCCC(F)(F)CC(=O)O. The Morgan fingerprint density at radius 3 is 2.27 bits per heavy atom. The van der Waals surface area contributed by atoms with Gasteiger partial charge in [0.1, 0.15) is 6.42 Å². The lowest BCUT2D eigenvalue weighted by molar-refractivity contribution is -0.145. The molecular weight excluding hydrogens is 180 g/mol. The molecule has 3 nitrogen and oxygen atoms in total. The molecule has 0 aliphatic rings. The van der Waals surface area contributed by atoms with Crippen molar-refractivity contribution in [2.24, 2.45) is 5.73 Å². The molecule has 0 aliphatic heterocycles. The van der Waals surface area contributed by atoms with E-state index in [1.54, 1.807) is 0 Å². The summed E-state index contributed by atoms with van der Waals surface area (Å²) in [5, 5.41) is 7.95. The standard InChI is InChI=1S/C5H9F2NO2.ClH/c6-5(7,1-2-8)3-4(9)10;/h1-3,8H2,(H,9,10);1H. The average molecular weight is 190 g/mol. The van der Waals surface area contributed by atoms with Gasteiger partial charge in [-0.15, -0.1) is 12.4 Å². The maximum Gasteiger partial charge on any atom is 0.309 e. The fourth-order valence-electron chi connectivity index (χ4n) is 0.521. The predicted octanol–water partition coefficient (Wildman–Crippen LogP) is 0.867. The Balaban J connectivity index is 0. The number of nitrogens with two attached hydrogens (primary N) is 1. The maximum absolute atomic E-state index is 12.2. The van der Waals surface area contributed by atoms with Crippen LogP contribution in [0, 0.1) is 0 Å². The highest BCUT2D eigenvalue weighted by Crippen LogP contribution is 2.21. The zero-order valence-electron chi connectivity index (χ0n) is 5.72. The first kappa shape index (κ1) is 13.2. The van der Waals surface area contributed by atoms with Crippen LogP contribution in [0.1, 0.15) is 12.8 Å². The van der Waals surface area contributed by atoms with Crippen LogP contribution in [0.25, 0.3) is 0 Å². The van der Waals surface area contributed by atoms with Gasteiger partial charge in [-0.2, -0.15) is 0 Å². The van der Waals surface area contributed by atoms with E-state index in [0.29, 0.717) is 0 Å². The van der Waals surface area contributed by atoms with E-state index in [9.17, 15) is 13.6 Å². The fraction of sp³-hybridized carbons (Fsp3) is 0.800. The summed E-state index contributed by atoms with van der Waals surface area (Å²) in [5.74, 6) is -4.65. The quantitative estimate of drug-likeness (QED) is 0.690. The first-order valence-electron chi connectivity index (χ1n) is 2.77. The molecule has 11 heavy (non-hydrogen) atoms. The zero-order valence-corrected chi connectivity index (χ0v) is 6.53. The van der Waals surface area contributed by atoms with Crippen LogP contribution in [0.5, 0.6) is 0 Å². The third-order valence-corrected chi connectivity index (χ3v) is 0.920. The molecule has 68 valence electrons. The summed E-state index contributed by atoms with van der Waals surface area (Å²) in [4.78, 5) is 9.77. The Kier molecular flexibility index (Phi) is 6.31. The molecule has 0 atom stereocenters. The second-order valence-corrected chi connectivity index (χ2v) is 1.97. The first-order chi connectivity index (χ1) is 4.48. The van der Waals surface area contributed by atoms with E-state index in [-0.39, 0.29) is 19.0 Å². The molecule has 0 aromatic heterocycles. The van der Waals surface area contributed by atoms with Crippen LogP contribution >= 0.6 is 12.4 Å². The molecule has 0 rings (SSSR count). The number of alkyl halides is 2. The van der Waals surface area contributed by atoms with Gasteiger partial charge in [-0.1, -0.05) is 0 Å². The summed E-state index contributed by atoms with van der Waals surface area (Å²) in [7, 11) is 0. The van der Waals surface area contributed by atoms with Crippen molar-refractivity contribution in [3.8, 4) is 0 Å². The monoisotopic (exact) mass is 189 g/mol. The number of carbonyl (C=O) groups is 1. The van der Waals surface area contributed by atoms with E-state index in [0.717, 1.165) is 0 Å². The molecule has 0 unspecified atom stereocenters. The van der Waals surface area contributed by atoms with Crippen LogP contribution in [0.2, 0.25) is 0 Å². The van der Waals surface area contributed by atoms with Gasteiger partial charge in [0.25, 0.3) is 5.92 Å². The molecule has 0 amide bonds. The summed E-state index contributed by atoms with van der Waals surface area (Å²) < 4.78 is 24.4. The largest absolute Gasteiger partial charge is 0.481 e. The van der Waals surface area contributed by atoms with Gasteiger partial charge < -0.3 is 10.8 Å².